The first-order chi connectivity index (χ1) is 13.0. The second-order valence-electron chi connectivity index (χ2n) is 5.48. The molecule has 0 saturated carbocycles. The highest BCUT2D eigenvalue weighted by atomic mass is 35.5. The van der Waals surface area contributed by atoms with Crippen LogP contribution in [0.15, 0.2) is 70.3 Å². The topological polar surface area (TPSA) is 65.3 Å². The Morgan fingerprint density at radius 3 is 2.78 bits per heavy atom. The lowest BCUT2D eigenvalue weighted by Crippen LogP contribution is -2.27. The molecule has 5 nitrogen and oxygen atoms in total. The molecule has 27 heavy (non-hydrogen) atoms. The summed E-state index contributed by atoms with van der Waals surface area (Å²) >= 11 is 12.5. The van der Waals surface area contributed by atoms with Crippen LogP contribution in [0.25, 0.3) is 6.08 Å². The van der Waals surface area contributed by atoms with Crippen molar-refractivity contribution in [2.45, 2.75) is 0 Å². The Labute approximate surface area is 171 Å². The minimum absolute atomic E-state index is 0.0284. The highest BCUT2D eigenvalue weighted by Gasteiger charge is 2.31. The summed E-state index contributed by atoms with van der Waals surface area (Å²) in [5, 5.41) is 18.9. The molecule has 0 bridgehead atoms. The molecule has 3 rings (SSSR count). The van der Waals surface area contributed by atoms with E-state index in [2.05, 4.69) is 16.8 Å². The molecule has 1 aliphatic heterocycles. The van der Waals surface area contributed by atoms with Gasteiger partial charge in [-0.3, -0.25) is 9.69 Å². The molecule has 1 heterocycles. The molecule has 0 unspecified atom stereocenters. The van der Waals surface area contributed by atoms with Crippen molar-refractivity contribution in [1.82, 2.24) is 4.90 Å². The number of hydrogen-bond acceptors (Lipinski definition) is 6. The predicted molar refractivity (Wildman–Crippen MR) is 114 cm³/mol. The predicted octanol–water partition coefficient (Wildman–Crippen LogP) is 5.85. The Bertz CT molecular complexity index is 989. The molecular formula is C19H14ClN3O2S2. The fourth-order valence-corrected chi connectivity index (χ4v) is 3.73. The molecule has 2 aromatic carbocycles. The maximum atomic E-state index is 12.4. The SMILES string of the molecule is C=CCN1C(=O)/C(=C\c2cc(N=Nc3ccccc3Cl)ccc2O)SC1=S. The van der Waals surface area contributed by atoms with Gasteiger partial charge in [0.25, 0.3) is 5.91 Å². The minimum Gasteiger partial charge on any atom is -0.507 e. The van der Waals surface area contributed by atoms with Crippen molar-refractivity contribution < 1.29 is 9.90 Å². The molecule has 1 aliphatic rings. The fourth-order valence-electron chi connectivity index (χ4n) is 2.29. The Balaban J connectivity index is 1.88. The lowest BCUT2D eigenvalue weighted by atomic mass is 10.1. The highest BCUT2D eigenvalue weighted by Crippen LogP contribution is 2.35. The van der Waals surface area contributed by atoms with Crippen molar-refractivity contribution >= 4 is 63.3 Å². The largest absolute Gasteiger partial charge is 0.507 e. The average Bonchev–Trinajstić information content (AvgIpc) is 2.91. The highest BCUT2D eigenvalue weighted by molar-refractivity contribution is 8.26. The smallest absolute Gasteiger partial charge is 0.266 e. The lowest BCUT2D eigenvalue weighted by Gasteiger charge is -2.10. The second kappa shape index (κ2) is 8.47. The van der Waals surface area contributed by atoms with Crippen LogP contribution in [0.1, 0.15) is 5.56 Å². The van der Waals surface area contributed by atoms with Crippen LogP contribution in [0.3, 0.4) is 0 Å². The van der Waals surface area contributed by atoms with Gasteiger partial charge in [0.2, 0.25) is 0 Å². The van der Waals surface area contributed by atoms with Crippen LogP contribution in [-0.2, 0) is 4.79 Å². The Morgan fingerprint density at radius 1 is 1.26 bits per heavy atom. The van der Waals surface area contributed by atoms with Gasteiger partial charge in [0.05, 0.1) is 15.6 Å². The van der Waals surface area contributed by atoms with Gasteiger partial charge < -0.3 is 5.11 Å². The summed E-state index contributed by atoms with van der Waals surface area (Å²) in [4.78, 5) is 14.3. The first-order valence-corrected chi connectivity index (χ1v) is 9.45. The minimum atomic E-state index is -0.215. The van der Waals surface area contributed by atoms with Gasteiger partial charge in [0.15, 0.2) is 0 Å². The van der Waals surface area contributed by atoms with Gasteiger partial charge in [-0.25, -0.2) is 0 Å². The summed E-state index contributed by atoms with van der Waals surface area (Å²) in [5.74, 6) is -0.187. The standard InChI is InChI=1S/C19H14ClN3O2S2/c1-2-9-23-18(25)17(27-19(23)26)11-12-10-13(7-8-16(12)24)21-22-15-6-4-3-5-14(15)20/h2-8,10-11,24H,1,9H2/b17-11+,22-21?. The number of rotatable bonds is 5. The van der Waals surface area contributed by atoms with E-state index < -0.39 is 0 Å². The quantitative estimate of drug-likeness (QED) is 0.288. The molecule has 0 aromatic heterocycles. The molecule has 136 valence electrons. The number of carbonyl (C=O) groups excluding carboxylic acids is 1. The number of nitrogens with zero attached hydrogens (tertiary/aromatic N) is 3. The molecule has 0 aliphatic carbocycles. The first kappa shape index (κ1) is 19.3. The molecule has 2 aromatic rings. The van der Waals surface area contributed by atoms with Crippen LogP contribution in [0.2, 0.25) is 5.02 Å². The lowest BCUT2D eigenvalue weighted by molar-refractivity contribution is -0.121. The summed E-state index contributed by atoms with van der Waals surface area (Å²) in [6, 6.07) is 11.8. The summed E-state index contributed by atoms with van der Waals surface area (Å²) in [6.45, 7) is 3.97. The summed E-state index contributed by atoms with van der Waals surface area (Å²) in [5.41, 5.74) is 1.50. The summed E-state index contributed by atoms with van der Waals surface area (Å²) in [7, 11) is 0. The second-order valence-corrected chi connectivity index (χ2v) is 7.56. The van der Waals surface area contributed by atoms with Crippen molar-refractivity contribution in [3.8, 4) is 5.75 Å². The molecule has 1 fully saturated rings. The third kappa shape index (κ3) is 4.44. The van der Waals surface area contributed by atoms with Gasteiger partial charge in [-0.2, -0.15) is 5.11 Å². The Hall–Kier alpha value is -2.48. The number of phenols is 1. The van der Waals surface area contributed by atoms with Crippen molar-refractivity contribution in [3.05, 3.63) is 70.6 Å². The molecule has 0 spiro atoms. The molecule has 8 heteroatoms. The van der Waals surface area contributed by atoms with E-state index in [9.17, 15) is 9.90 Å². The van der Waals surface area contributed by atoms with Gasteiger partial charge >= 0.3 is 0 Å². The van der Waals surface area contributed by atoms with Gasteiger partial charge in [0, 0.05) is 12.1 Å². The van der Waals surface area contributed by atoms with Crippen LogP contribution in [0.4, 0.5) is 11.4 Å². The molecule has 0 radical (unpaired) electrons. The van der Waals surface area contributed by atoms with Crippen LogP contribution >= 0.6 is 35.6 Å². The number of halogens is 1. The van der Waals surface area contributed by atoms with Crippen LogP contribution in [-0.4, -0.2) is 26.8 Å². The third-order valence-electron chi connectivity index (χ3n) is 3.61. The molecule has 0 atom stereocenters. The van der Waals surface area contributed by atoms with Crippen LogP contribution in [0.5, 0.6) is 5.75 Å². The molecule has 1 saturated heterocycles. The first-order valence-electron chi connectivity index (χ1n) is 7.85. The number of azo groups is 1. The molecular weight excluding hydrogens is 402 g/mol. The number of aromatic hydroxyl groups is 1. The average molecular weight is 416 g/mol. The third-order valence-corrected chi connectivity index (χ3v) is 5.31. The summed E-state index contributed by atoms with van der Waals surface area (Å²) < 4.78 is 0.459. The van der Waals surface area contributed by atoms with Crippen LogP contribution < -0.4 is 0 Å². The van der Waals surface area contributed by atoms with E-state index in [-0.39, 0.29) is 11.7 Å². The van der Waals surface area contributed by atoms with Crippen molar-refractivity contribution in [2.24, 2.45) is 10.2 Å². The van der Waals surface area contributed by atoms with Crippen molar-refractivity contribution in [1.29, 1.82) is 0 Å². The molecule has 1 N–H and O–H groups in total. The van der Waals surface area contributed by atoms with Gasteiger partial charge in [-0.15, -0.1) is 11.7 Å². The fraction of sp³-hybridized carbons (Fsp3) is 0.0526. The zero-order chi connectivity index (χ0) is 19.4. The van der Waals surface area contributed by atoms with Crippen molar-refractivity contribution in [3.63, 3.8) is 0 Å². The van der Waals surface area contributed by atoms with Crippen molar-refractivity contribution in [2.75, 3.05) is 6.54 Å². The maximum Gasteiger partial charge on any atom is 0.266 e. The Kier molecular flexibility index (Phi) is 6.05. The zero-order valence-electron chi connectivity index (χ0n) is 14.0. The van der Waals surface area contributed by atoms with E-state index >= 15 is 0 Å². The van der Waals surface area contributed by atoms with E-state index in [0.29, 0.717) is 37.7 Å². The van der Waals surface area contributed by atoms with Gasteiger partial charge in [-0.1, -0.05) is 53.8 Å². The number of thioether (sulfide) groups is 1. The normalized spacial score (nSPS) is 15.9. The number of benzene rings is 2. The number of amides is 1. The number of hydrogen-bond donors (Lipinski definition) is 1. The van der Waals surface area contributed by atoms with E-state index in [4.69, 9.17) is 23.8 Å². The van der Waals surface area contributed by atoms with Gasteiger partial charge in [-0.05, 0) is 36.4 Å². The summed E-state index contributed by atoms with van der Waals surface area (Å²) in [6.07, 6.45) is 3.20. The Morgan fingerprint density at radius 2 is 2.04 bits per heavy atom. The van der Waals surface area contributed by atoms with E-state index in [1.54, 1.807) is 36.4 Å². The number of phenolic OH excluding ortho intramolecular Hbond substituents is 1. The number of thiocarbonyl (C=S) groups is 1. The van der Waals surface area contributed by atoms with Gasteiger partial charge in [0.1, 0.15) is 15.8 Å². The monoisotopic (exact) mass is 415 g/mol. The number of carbonyl (C=O) groups is 1. The molecule has 1 amide bonds. The van der Waals surface area contributed by atoms with E-state index in [1.807, 2.05) is 12.1 Å². The van der Waals surface area contributed by atoms with Crippen LogP contribution in [0, 0.1) is 0 Å². The zero-order valence-corrected chi connectivity index (χ0v) is 16.4. The maximum absolute atomic E-state index is 12.4. The van der Waals surface area contributed by atoms with E-state index in [0.717, 1.165) is 0 Å². The van der Waals surface area contributed by atoms with E-state index in [1.165, 1.54) is 22.7 Å².